The van der Waals surface area contributed by atoms with Gasteiger partial charge in [0.1, 0.15) is 18.1 Å². The minimum atomic E-state index is -5.17. The topological polar surface area (TPSA) is 131 Å². The number of alkyl halides is 3. The normalized spacial score (nSPS) is 33.2. The van der Waals surface area contributed by atoms with Crippen LogP contribution in [-0.2, 0) is 19.2 Å². The average Bonchev–Trinajstić information content (AvgIpc) is 3.08. The molecule has 3 N–H and O–H groups in total. The third kappa shape index (κ3) is 4.89. The van der Waals surface area contributed by atoms with Crippen molar-refractivity contribution in [2.45, 2.75) is 84.2 Å². The molecule has 6 atom stereocenters. The molecule has 2 unspecified atom stereocenters. The number of rotatable bonds is 6. The number of hydrogen-bond acceptors (Lipinski definition) is 5. The van der Waals surface area contributed by atoms with Crippen molar-refractivity contribution in [3.63, 3.8) is 0 Å². The van der Waals surface area contributed by atoms with E-state index in [2.05, 4.69) is 10.6 Å². The molecule has 204 valence electrons. The first-order chi connectivity index (χ1) is 17.0. The standard InChI is InChI=1S/C25H34F3N5O4/c1-23(2,3)18(32-22(37)25(26,27)28)21(36)33-10-15-16(24(15,4)5)17(33)20(35)31-13(9-29)8-14-11-6-12(7-11)30-19(14)34/h11-18H,6-8,10H2,1-5H3,(H,30,34)(H,31,35)(H,32,37)/t11?,12?,13-,14?,15-,16-,17-,18?/m0/s1. The van der Waals surface area contributed by atoms with Crippen LogP contribution in [0.15, 0.2) is 0 Å². The third-order valence-corrected chi connectivity index (χ3v) is 8.79. The molecule has 0 aromatic carbocycles. The van der Waals surface area contributed by atoms with Gasteiger partial charge < -0.3 is 20.9 Å². The summed E-state index contributed by atoms with van der Waals surface area (Å²) in [7, 11) is 0. The number of hydrogen-bond donors (Lipinski definition) is 3. The van der Waals surface area contributed by atoms with Gasteiger partial charge in [0.15, 0.2) is 0 Å². The van der Waals surface area contributed by atoms with E-state index in [1.54, 1.807) is 0 Å². The fraction of sp³-hybridized carbons (Fsp3) is 0.800. The highest BCUT2D eigenvalue weighted by molar-refractivity contribution is 5.95. The van der Waals surface area contributed by atoms with Crippen LogP contribution in [0.3, 0.4) is 0 Å². The minimum absolute atomic E-state index is 0.0392. The highest BCUT2D eigenvalue weighted by Gasteiger charge is 2.70. The number of nitrogens with one attached hydrogen (secondary N) is 3. The van der Waals surface area contributed by atoms with Gasteiger partial charge in [-0.2, -0.15) is 18.4 Å². The van der Waals surface area contributed by atoms with Crippen molar-refractivity contribution in [2.75, 3.05) is 6.54 Å². The number of likely N-dealkylation sites (tertiary alicyclic amines) is 1. The van der Waals surface area contributed by atoms with E-state index >= 15 is 0 Å². The van der Waals surface area contributed by atoms with Crippen LogP contribution < -0.4 is 16.0 Å². The van der Waals surface area contributed by atoms with Crippen molar-refractivity contribution >= 4 is 23.6 Å². The van der Waals surface area contributed by atoms with E-state index in [-0.39, 0.29) is 54.0 Å². The predicted octanol–water partition coefficient (Wildman–Crippen LogP) is 1.49. The van der Waals surface area contributed by atoms with Crippen molar-refractivity contribution in [3.8, 4) is 6.07 Å². The molecule has 3 aliphatic heterocycles. The molecule has 0 spiro atoms. The number of carbonyl (C=O) groups is 4. The van der Waals surface area contributed by atoms with Crippen LogP contribution in [0.2, 0.25) is 0 Å². The van der Waals surface area contributed by atoms with E-state index in [0.29, 0.717) is 0 Å². The Hall–Kier alpha value is -2.84. The first-order valence-corrected chi connectivity index (χ1v) is 12.6. The summed E-state index contributed by atoms with van der Waals surface area (Å²) in [4.78, 5) is 52.4. The van der Waals surface area contributed by atoms with E-state index in [9.17, 15) is 37.6 Å². The van der Waals surface area contributed by atoms with Gasteiger partial charge in [-0.1, -0.05) is 34.6 Å². The molecule has 0 aromatic rings. The lowest BCUT2D eigenvalue weighted by atomic mass is 9.66. The van der Waals surface area contributed by atoms with Gasteiger partial charge in [-0.3, -0.25) is 19.2 Å². The number of fused-ring (bicyclic) bond motifs is 3. The molecule has 12 heteroatoms. The lowest BCUT2D eigenvalue weighted by molar-refractivity contribution is -0.176. The summed E-state index contributed by atoms with van der Waals surface area (Å²) in [6, 6.07) is -1.23. The Balaban J connectivity index is 1.51. The van der Waals surface area contributed by atoms with Crippen LogP contribution in [0.4, 0.5) is 13.2 Å². The molecule has 0 aromatic heterocycles. The van der Waals surface area contributed by atoms with Crippen molar-refractivity contribution in [1.29, 1.82) is 5.26 Å². The number of piperidine rings is 3. The SMILES string of the molecule is CC(C)(C)C(NC(=O)C(F)(F)F)C(=O)N1C[C@H]2[C@@H]([C@H]1C(=O)N[C@H](C#N)CC1C(=O)NC3CC1C3)C2(C)C. The van der Waals surface area contributed by atoms with Gasteiger partial charge in [0, 0.05) is 18.5 Å². The monoisotopic (exact) mass is 525 g/mol. The van der Waals surface area contributed by atoms with Gasteiger partial charge in [-0.05, 0) is 47.8 Å². The van der Waals surface area contributed by atoms with Crippen molar-refractivity contribution in [3.05, 3.63) is 0 Å². The molecule has 9 nitrogen and oxygen atoms in total. The highest BCUT2D eigenvalue weighted by atomic mass is 19.4. The molecule has 2 aliphatic carbocycles. The molecule has 3 heterocycles. The molecule has 4 amide bonds. The second-order valence-electron chi connectivity index (χ2n) is 12.6. The van der Waals surface area contributed by atoms with Crippen molar-refractivity contribution < 1.29 is 32.3 Å². The average molecular weight is 526 g/mol. The zero-order valence-corrected chi connectivity index (χ0v) is 21.6. The second kappa shape index (κ2) is 8.88. The van der Waals surface area contributed by atoms with Crippen LogP contribution in [0.25, 0.3) is 0 Å². The summed E-state index contributed by atoms with van der Waals surface area (Å²) in [6.07, 6.45) is -3.32. The number of nitrogens with zero attached hydrogens (tertiary/aromatic N) is 2. The maximum Gasteiger partial charge on any atom is 0.471 e. The first kappa shape index (κ1) is 27.2. The van der Waals surface area contributed by atoms with E-state index in [1.807, 2.05) is 25.2 Å². The fourth-order valence-corrected chi connectivity index (χ4v) is 6.43. The quantitative estimate of drug-likeness (QED) is 0.484. The lowest BCUT2D eigenvalue weighted by Crippen LogP contribution is -2.61. The highest BCUT2D eigenvalue weighted by Crippen LogP contribution is 2.65. The summed E-state index contributed by atoms with van der Waals surface area (Å²) in [6.45, 7) is 8.68. The van der Waals surface area contributed by atoms with Crippen LogP contribution in [0, 0.1) is 45.8 Å². The maximum absolute atomic E-state index is 13.6. The van der Waals surface area contributed by atoms with Crippen LogP contribution in [0.1, 0.15) is 53.9 Å². The fourth-order valence-electron chi connectivity index (χ4n) is 6.43. The minimum Gasteiger partial charge on any atom is -0.353 e. The van der Waals surface area contributed by atoms with Crippen molar-refractivity contribution in [1.82, 2.24) is 20.9 Å². The molecule has 2 saturated carbocycles. The van der Waals surface area contributed by atoms with Gasteiger partial charge >= 0.3 is 12.1 Å². The molecule has 2 bridgehead atoms. The molecule has 5 rings (SSSR count). The zero-order chi connectivity index (χ0) is 27.7. The summed E-state index contributed by atoms with van der Waals surface area (Å²) in [5.41, 5.74) is -1.33. The number of halogens is 3. The smallest absolute Gasteiger partial charge is 0.353 e. The number of carbonyl (C=O) groups excluding carboxylic acids is 4. The van der Waals surface area contributed by atoms with Crippen LogP contribution in [-0.4, -0.2) is 65.4 Å². The van der Waals surface area contributed by atoms with Gasteiger partial charge in [-0.25, -0.2) is 0 Å². The molecule has 3 saturated heterocycles. The van der Waals surface area contributed by atoms with E-state index in [0.717, 1.165) is 12.8 Å². The summed E-state index contributed by atoms with van der Waals surface area (Å²) >= 11 is 0. The zero-order valence-electron chi connectivity index (χ0n) is 21.6. The summed E-state index contributed by atoms with van der Waals surface area (Å²) in [5, 5.41) is 17.1. The third-order valence-electron chi connectivity index (χ3n) is 8.79. The Bertz CT molecular complexity index is 1040. The summed E-state index contributed by atoms with van der Waals surface area (Å²) in [5.74, 6) is -4.18. The Kier molecular flexibility index (Phi) is 6.53. The van der Waals surface area contributed by atoms with Gasteiger partial charge in [0.05, 0.1) is 6.07 Å². The lowest BCUT2D eigenvalue weighted by Gasteiger charge is -2.46. The molecular weight excluding hydrogens is 491 g/mol. The van der Waals surface area contributed by atoms with Gasteiger partial charge in [0.2, 0.25) is 17.7 Å². The van der Waals surface area contributed by atoms with Gasteiger partial charge in [0.25, 0.3) is 0 Å². The van der Waals surface area contributed by atoms with E-state index in [4.69, 9.17) is 0 Å². The number of nitriles is 1. The van der Waals surface area contributed by atoms with Crippen LogP contribution >= 0.6 is 0 Å². The van der Waals surface area contributed by atoms with Crippen LogP contribution in [0.5, 0.6) is 0 Å². The van der Waals surface area contributed by atoms with E-state index in [1.165, 1.54) is 25.7 Å². The summed E-state index contributed by atoms with van der Waals surface area (Å²) < 4.78 is 39.0. The molecule has 37 heavy (non-hydrogen) atoms. The number of amides is 4. The largest absolute Gasteiger partial charge is 0.471 e. The first-order valence-electron chi connectivity index (χ1n) is 12.6. The maximum atomic E-state index is 13.6. The second-order valence-corrected chi connectivity index (χ2v) is 12.6. The Labute approximate surface area is 213 Å². The van der Waals surface area contributed by atoms with Gasteiger partial charge in [-0.15, -0.1) is 0 Å². The van der Waals surface area contributed by atoms with Crippen molar-refractivity contribution in [2.24, 2.45) is 34.5 Å². The Morgan fingerprint density at radius 3 is 2.32 bits per heavy atom. The molecule has 5 fully saturated rings. The Morgan fingerprint density at radius 2 is 1.81 bits per heavy atom. The molecular formula is C25H34F3N5O4. The molecule has 5 aliphatic rings. The Morgan fingerprint density at radius 1 is 1.19 bits per heavy atom. The predicted molar refractivity (Wildman–Crippen MR) is 124 cm³/mol. The van der Waals surface area contributed by atoms with E-state index < -0.39 is 47.4 Å². The molecule has 0 radical (unpaired) electrons.